The minimum Gasteiger partial charge on any atom is -0.353 e. The fourth-order valence-corrected chi connectivity index (χ4v) is 5.90. The van der Waals surface area contributed by atoms with Crippen molar-refractivity contribution in [1.82, 2.24) is 10.3 Å². The van der Waals surface area contributed by atoms with Crippen molar-refractivity contribution in [3.05, 3.63) is 89.1 Å². The molecule has 1 unspecified atom stereocenters. The van der Waals surface area contributed by atoms with Gasteiger partial charge in [0.1, 0.15) is 5.82 Å². The predicted octanol–water partition coefficient (Wildman–Crippen LogP) is 5.88. The molecule has 11 heteroatoms. The lowest BCUT2D eigenvalue weighted by atomic mass is 9.85. The molecular formula is C30H31F3N4O3S. The van der Waals surface area contributed by atoms with Gasteiger partial charge in [-0.15, -0.1) is 0 Å². The van der Waals surface area contributed by atoms with Gasteiger partial charge in [-0.3, -0.25) is 4.79 Å². The van der Waals surface area contributed by atoms with E-state index in [4.69, 9.17) is 5.26 Å². The van der Waals surface area contributed by atoms with Gasteiger partial charge in [0, 0.05) is 37.7 Å². The Balaban J connectivity index is 1.43. The summed E-state index contributed by atoms with van der Waals surface area (Å²) in [5.41, 5.74) is 1.24. The molecule has 3 aromatic rings. The summed E-state index contributed by atoms with van der Waals surface area (Å²) in [4.78, 5) is 19.6. The number of carbonyl (C=O) groups excluding carboxylic acids is 1. The summed E-state index contributed by atoms with van der Waals surface area (Å²) >= 11 is 0. The summed E-state index contributed by atoms with van der Waals surface area (Å²) in [5, 5.41) is 11.9. The molecule has 1 aliphatic rings. The summed E-state index contributed by atoms with van der Waals surface area (Å²) < 4.78 is 63.0. The third kappa shape index (κ3) is 7.44. The monoisotopic (exact) mass is 584 g/mol. The zero-order valence-electron chi connectivity index (χ0n) is 22.6. The number of nitriles is 1. The Kier molecular flexibility index (Phi) is 9.33. The van der Waals surface area contributed by atoms with Crippen molar-refractivity contribution >= 4 is 21.6 Å². The highest BCUT2D eigenvalue weighted by molar-refractivity contribution is 7.91. The van der Waals surface area contributed by atoms with Crippen LogP contribution in [-0.4, -0.2) is 37.6 Å². The van der Waals surface area contributed by atoms with Gasteiger partial charge in [-0.05, 0) is 66.8 Å². The van der Waals surface area contributed by atoms with Crippen LogP contribution < -0.4 is 10.2 Å². The fourth-order valence-electron chi connectivity index (χ4n) is 5.01. The van der Waals surface area contributed by atoms with E-state index < -0.39 is 21.6 Å². The minimum atomic E-state index is -4.39. The Labute approximate surface area is 237 Å². The van der Waals surface area contributed by atoms with Gasteiger partial charge in [-0.25, -0.2) is 13.4 Å². The standard InChI is InChI=1S/C30H31F3N4O3S/c1-2-41(39,40)27-14-5-21(6-15-27)18-36-29(38)23-10-16-28(35-19-23)37-20-24(9-13-26(37)4-3-17-34)22-7-11-25(12-8-22)30(31,32)33/h5-8,10-12,14-16,19,24,26H,2-4,9,13,18,20H2,1H3,(H,36,38)/t24?,26-/m1/s1. The number of halogens is 3. The molecule has 216 valence electrons. The first-order valence-corrected chi connectivity index (χ1v) is 15.0. The summed E-state index contributed by atoms with van der Waals surface area (Å²) in [5.74, 6) is 0.308. The number of carbonyl (C=O) groups is 1. The lowest BCUT2D eigenvalue weighted by Gasteiger charge is -2.40. The van der Waals surface area contributed by atoms with Gasteiger partial charge in [0.15, 0.2) is 9.84 Å². The summed E-state index contributed by atoms with van der Waals surface area (Å²) in [6, 6.07) is 17.3. The van der Waals surface area contributed by atoms with Crippen molar-refractivity contribution in [3.8, 4) is 6.07 Å². The number of hydrogen-bond donors (Lipinski definition) is 1. The molecular weight excluding hydrogens is 553 g/mol. The Morgan fingerprint density at radius 3 is 2.37 bits per heavy atom. The molecule has 1 N–H and O–H groups in total. The van der Waals surface area contributed by atoms with Crippen LogP contribution in [0.2, 0.25) is 0 Å². The van der Waals surface area contributed by atoms with Crippen LogP contribution in [0.15, 0.2) is 71.8 Å². The predicted molar refractivity (Wildman–Crippen MR) is 149 cm³/mol. The first kappa shape index (κ1) is 30.1. The molecule has 1 amide bonds. The molecule has 2 atom stereocenters. The number of piperidine rings is 1. The number of nitrogens with zero attached hydrogens (tertiary/aromatic N) is 3. The molecule has 1 fully saturated rings. The first-order valence-electron chi connectivity index (χ1n) is 13.4. The van der Waals surface area contributed by atoms with E-state index >= 15 is 0 Å². The van der Waals surface area contributed by atoms with Crippen molar-refractivity contribution in [2.24, 2.45) is 0 Å². The second-order valence-electron chi connectivity index (χ2n) is 10.0. The molecule has 1 aromatic heterocycles. The molecule has 0 aliphatic carbocycles. The van der Waals surface area contributed by atoms with Crippen LogP contribution >= 0.6 is 0 Å². The second kappa shape index (κ2) is 12.7. The molecule has 1 saturated heterocycles. The molecule has 0 spiro atoms. The van der Waals surface area contributed by atoms with Crippen molar-refractivity contribution in [2.45, 2.75) is 62.2 Å². The van der Waals surface area contributed by atoms with Crippen molar-refractivity contribution in [2.75, 3.05) is 17.2 Å². The highest BCUT2D eigenvalue weighted by Gasteiger charge is 2.32. The van der Waals surface area contributed by atoms with Gasteiger partial charge in [0.2, 0.25) is 0 Å². The Morgan fingerprint density at radius 1 is 1.07 bits per heavy atom. The molecule has 1 aliphatic heterocycles. The number of hydrogen-bond acceptors (Lipinski definition) is 6. The molecule has 41 heavy (non-hydrogen) atoms. The van der Waals surface area contributed by atoms with Crippen molar-refractivity contribution in [1.29, 1.82) is 5.26 Å². The van der Waals surface area contributed by atoms with E-state index in [9.17, 15) is 26.4 Å². The molecule has 0 radical (unpaired) electrons. The summed E-state index contributed by atoms with van der Waals surface area (Å²) in [6.45, 7) is 2.33. The molecule has 2 heterocycles. The second-order valence-corrected chi connectivity index (χ2v) is 12.3. The van der Waals surface area contributed by atoms with Gasteiger partial charge >= 0.3 is 6.18 Å². The van der Waals surface area contributed by atoms with Gasteiger partial charge in [-0.2, -0.15) is 18.4 Å². The van der Waals surface area contributed by atoms with Gasteiger partial charge < -0.3 is 10.2 Å². The van der Waals surface area contributed by atoms with E-state index in [1.165, 1.54) is 30.5 Å². The largest absolute Gasteiger partial charge is 0.416 e. The number of aromatic nitrogens is 1. The van der Waals surface area contributed by atoms with Crippen LogP contribution in [0.5, 0.6) is 0 Å². The normalized spacial score (nSPS) is 17.6. The van der Waals surface area contributed by atoms with Gasteiger partial charge in [-0.1, -0.05) is 31.2 Å². The molecule has 2 aromatic carbocycles. The number of sulfone groups is 1. The Hall–Kier alpha value is -3.91. The maximum absolute atomic E-state index is 13.0. The van der Waals surface area contributed by atoms with Crippen LogP contribution in [0.1, 0.15) is 65.6 Å². The quantitative estimate of drug-likeness (QED) is 0.337. The van der Waals surface area contributed by atoms with Crippen LogP contribution in [0.3, 0.4) is 0 Å². The van der Waals surface area contributed by atoms with E-state index in [0.717, 1.165) is 36.1 Å². The zero-order chi connectivity index (χ0) is 29.6. The van der Waals surface area contributed by atoms with Crippen LogP contribution in [0.25, 0.3) is 0 Å². The highest BCUT2D eigenvalue weighted by Crippen LogP contribution is 2.36. The van der Waals surface area contributed by atoms with E-state index in [0.29, 0.717) is 30.8 Å². The number of nitrogens with one attached hydrogen (secondary N) is 1. The third-order valence-corrected chi connectivity index (χ3v) is 9.18. The average Bonchev–Trinajstić information content (AvgIpc) is 2.98. The smallest absolute Gasteiger partial charge is 0.353 e. The number of alkyl halides is 3. The van der Waals surface area contributed by atoms with Gasteiger partial charge in [0.05, 0.1) is 27.8 Å². The number of amides is 1. The van der Waals surface area contributed by atoms with Crippen LogP contribution in [-0.2, 0) is 22.6 Å². The molecule has 0 bridgehead atoms. The minimum absolute atomic E-state index is 0.000836. The van der Waals surface area contributed by atoms with E-state index in [-0.39, 0.29) is 35.1 Å². The lowest BCUT2D eigenvalue weighted by Crippen LogP contribution is -2.43. The SMILES string of the molecule is CCS(=O)(=O)c1ccc(CNC(=O)c2ccc(N3CC(c4ccc(C(F)(F)F)cc4)CC[C@H]3CCC#N)nc2)cc1. The maximum Gasteiger partial charge on any atom is 0.416 e. The van der Waals surface area contributed by atoms with Crippen LogP contribution in [0.4, 0.5) is 19.0 Å². The Bertz CT molecular complexity index is 1480. The molecule has 7 nitrogen and oxygen atoms in total. The molecule has 0 saturated carbocycles. The number of pyridine rings is 1. The van der Waals surface area contributed by atoms with E-state index in [1.54, 1.807) is 31.2 Å². The first-order chi connectivity index (χ1) is 19.5. The highest BCUT2D eigenvalue weighted by atomic mass is 32.2. The van der Waals surface area contributed by atoms with Crippen molar-refractivity contribution < 1.29 is 26.4 Å². The van der Waals surface area contributed by atoms with E-state index in [2.05, 4.69) is 21.3 Å². The lowest BCUT2D eigenvalue weighted by molar-refractivity contribution is -0.137. The average molecular weight is 585 g/mol. The van der Waals surface area contributed by atoms with Crippen molar-refractivity contribution in [3.63, 3.8) is 0 Å². The molecule has 4 rings (SSSR count). The maximum atomic E-state index is 13.0. The zero-order valence-corrected chi connectivity index (χ0v) is 23.4. The Morgan fingerprint density at radius 2 is 1.78 bits per heavy atom. The number of rotatable bonds is 9. The summed E-state index contributed by atoms with van der Waals surface area (Å²) in [6.07, 6.45) is -0.361. The number of anilines is 1. The van der Waals surface area contributed by atoms with Crippen LogP contribution in [0, 0.1) is 11.3 Å². The summed E-state index contributed by atoms with van der Waals surface area (Å²) in [7, 11) is -3.29. The fraction of sp³-hybridized carbons (Fsp3) is 0.367. The third-order valence-electron chi connectivity index (χ3n) is 7.42. The van der Waals surface area contributed by atoms with Gasteiger partial charge in [0.25, 0.3) is 5.91 Å². The van der Waals surface area contributed by atoms with E-state index in [1.807, 2.05) is 0 Å². The topological polar surface area (TPSA) is 103 Å². The number of benzene rings is 2.